The average molecular weight is 321 g/mol. The molecule has 0 aliphatic heterocycles. The Balaban J connectivity index is 1.96. The molecule has 7 heteroatoms. The predicted octanol–water partition coefficient (Wildman–Crippen LogP) is 3.48. The number of sulfonamides is 1. The van der Waals surface area contributed by atoms with E-state index >= 15 is 0 Å². The molecule has 0 aliphatic rings. The van der Waals surface area contributed by atoms with Crippen LogP contribution in [0, 0.1) is 0 Å². The first-order valence-electron chi connectivity index (χ1n) is 6.50. The largest absolute Gasteiger partial charge is 0.328 e. The Hall–Kier alpha value is -1.86. The number of benzene rings is 1. The van der Waals surface area contributed by atoms with Gasteiger partial charge in [0.2, 0.25) is 0 Å². The third-order valence-electron chi connectivity index (χ3n) is 3.14. The van der Waals surface area contributed by atoms with Crippen molar-refractivity contribution in [2.45, 2.75) is 24.1 Å². The van der Waals surface area contributed by atoms with Gasteiger partial charge in [0.05, 0.1) is 23.0 Å². The van der Waals surface area contributed by atoms with E-state index in [4.69, 9.17) is 0 Å². The van der Waals surface area contributed by atoms with Gasteiger partial charge in [-0.2, -0.15) is 0 Å². The highest BCUT2D eigenvalue weighted by Gasteiger charge is 2.15. The Morgan fingerprint density at radius 1 is 1.29 bits per heavy atom. The number of imidazole rings is 1. The molecule has 0 unspecified atom stereocenters. The third-order valence-corrected chi connectivity index (χ3v) is 5.92. The normalized spacial score (nSPS) is 12.1. The van der Waals surface area contributed by atoms with E-state index in [0.29, 0.717) is 15.9 Å². The summed E-state index contributed by atoms with van der Waals surface area (Å²) >= 11 is 1.19. The minimum absolute atomic E-state index is 0.301. The highest BCUT2D eigenvalue weighted by Crippen LogP contribution is 2.24. The zero-order valence-electron chi connectivity index (χ0n) is 11.6. The zero-order chi connectivity index (χ0) is 15.0. The average Bonchev–Trinajstić information content (AvgIpc) is 3.07. The van der Waals surface area contributed by atoms with Gasteiger partial charge in [0.1, 0.15) is 4.21 Å². The third kappa shape index (κ3) is 2.66. The van der Waals surface area contributed by atoms with Gasteiger partial charge in [0.25, 0.3) is 10.0 Å². The first-order valence-corrected chi connectivity index (χ1v) is 8.86. The van der Waals surface area contributed by atoms with Gasteiger partial charge in [-0.3, -0.25) is 4.72 Å². The topological polar surface area (TPSA) is 64.0 Å². The van der Waals surface area contributed by atoms with E-state index in [1.165, 1.54) is 11.3 Å². The number of aromatic nitrogens is 2. The van der Waals surface area contributed by atoms with Crippen LogP contribution in [-0.4, -0.2) is 18.0 Å². The monoisotopic (exact) mass is 321 g/mol. The molecular weight excluding hydrogens is 306 g/mol. The maximum atomic E-state index is 12.2. The van der Waals surface area contributed by atoms with Crippen molar-refractivity contribution in [2.24, 2.45) is 0 Å². The smallest absolute Gasteiger partial charge is 0.271 e. The Bertz CT molecular complexity index is 865. The van der Waals surface area contributed by atoms with Crippen LogP contribution < -0.4 is 4.72 Å². The SMILES string of the molecule is CC(C)n1cnc2cc(NS(=O)(=O)c3cccs3)ccc21. The number of fused-ring (bicyclic) bond motifs is 1. The van der Waals surface area contributed by atoms with E-state index in [1.807, 2.05) is 10.6 Å². The van der Waals surface area contributed by atoms with Crippen LogP contribution in [-0.2, 0) is 10.0 Å². The molecule has 1 aromatic carbocycles. The number of nitrogens with zero attached hydrogens (tertiary/aromatic N) is 2. The van der Waals surface area contributed by atoms with Gasteiger partial charge >= 0.3 is 0 Å². The van der Waals surface area contributed by atoms with E-state index in [-0.39, 0.29) is 0 Å². The fourth-order valence-corrected chi connectivity index (χ4v) is 4.17. The highest BCUT2D eigenvalue weighted by atomic mass is 32.2. The number of hydrogen-bond acceptors (Lipinski definition) is 4. The molecule has 21 heavy (non-hydrogen) atoms. The molecule has 2 aromatic heterocycles. The summed E-state index contributed by atoms with van der Waals surface area (Å²) in [5.74, 6) is 0. The number of nitrogens with one attached hydrogen (secondary N) is 1. The summed E-state index contributed by atoms with van der Waals surface area (Å²) in [7, 11) is -3.51. The van der Waals surface area contributed by atoms with Gasteiger partial charge in [-0.1, -0.05) is 6.07 Å². The molecule has 0 bridgehead atoms. The van der Waals surface area contributed by atoms with Gasteiger partial charge in [0.15, 0.2) is 0 Å². The van der Waals surface area contributed by atoms with Crippen LogP contribution in [0.1, 0.15) is 19.9 Å². The summed E-state index contributed by atoms with van der Waals surface area (Å²) in [5, 5.41) is 1.74. The second-order valence-electron chi connectivity index (χ2n) is 4.99. The second kappa shape index (κ2) is 5.16. The molecule has 0 aliphatic carbocycles. The first-order chi connectivity index (χ1) is 9.97. The van der Waals surface area contributed by atoms with E-state index in [9.17, 15) is 8.42 Å². The Labute approximate surface area is 127 Å². The number of hydrogen-bond donors (Lipinski definition) is 1. The molecule has 0 radical (unpaired) electrons. The van der Waals surface area contributed by atoms with Crippen LogP contribution in [0.3, 0.4) is 0 Å². The molecule has 0 amide bonds. The quantitative estimate of drug-likeness (QED) is 0.800. The molecule has 0 saturated heterocycles. The van der Waals surface area contributed by atoms with Crippen molar-refractivity contribution >= 4 is 38.1 Å². The Morgan fingerprint density at radius 2 is 2.10 bits per heavy atom. The van der Waals surface area contributed by atoms with Crippen molar-refractivity contribution < 1.29 is 8.42 Å². The molecule has 110 valence electrons. The molecule has 3 aromatic rings. The minimum Gasteiger partial charge on any atom is -0.328 e. The van der Waals surface area contributed by atoms with Crippen molar-refractivity contribution in [3.05, 3.63) is 42.0 Å². The van der Waals surface area contributed by atoms with Crippen molar-refractivity contribution in [1.82, 2.24) is 9.55 Å². The number of anilines is 1. The summed E-state index contributed by atoms with van der Waals surface area (Å²) in [4.78, 5) is 4.32. The van der Waals surface area contributed by atoms with Gasteiger partial charge < -0.3 is 4.57 Å². The van der Waals surface area contributed by atoms with Crippen LogP contribution in [0.15, 0.2) is 46.2 Å². The molecule has 1 N–H and O–H groups in total. The molecule has 0 saturated carbocycles. The minimum atomic E-state index is -3.51. The molecule has 5 nitrogen and oxygen atoms in total. The van der Waals surface area contributed by atoms with E-state index in [2.05, 4.69) is 23.6 Å². The number of rotatable bonds is 4. The van der Waals surface area contributed by atoms with E-state index in [0.717, 1.165) is 11.0 Å². The van der Waals surface area contributed by atoms with Crippen molar-refractivity contribution in [3.8, 4) is 0 Å². The fraction of sp³-hybridized carbons (Fsp3) is 0.214. The van der Waals surface area contributed by atoms with Gasteiger partial charge in [-0.15, -0.1) is 11.3 Å². The van der Waals surface area contributed by atoms with Crippen LogP contribution in [0.5, 0.6) is 0 Å². The van der Waals surface area contributed by atoms with Crippen LogP contribution in [0.4, 0.5) is 5.69 Å². The Kier molecular flexibility index (Phi) is 3.46. The molecular formula is C14H15N3O2S2. The lowest BCUT2D eigenvalue weighted by Crippen LogP contribution is -2.11. The lowest BCUT2D eigenvalue weighted by Gasteiger charge is -2.09. The summed E-state index contributed by atoms with van der Waals surface area (Å²) in [6.45, 7) is 4.16. The number of thiophene rings is 1. The predicted molar refractivity (Wildman–Crippen MR) is 85.2 cm³/mol. The van der Waals surface area contributed by atoms with Crippen molar-refractivity contribution in [1.29, 1.82) is 0 Å². The molecule has 3 rings (SSSR count). The molecule has 2 heterocycles. The van der Waals surface area contributed by atoms with Gasteiger partial charge in [-0.05, 0) is 43.5 Å². The van der Waals surface area contributed by atoms with Crippen LogP contribution >= 0.6 is 11.3 Å². The summed E-state index contributed by atoms with van der Waals surface area (Å²) in [5.41, 5.74) is 2.28. The van der Waals surface area contributed by atoms with Gasteiger partial charge in [-0.25, -0.2) is 13.4 Å². The lowest BCUT2D eigenvalue weighted by molar-refractivity contribution is 0.603. The van der Waals surface area contributed by atoms with Crippen LogP contribution in [0.25, 0.3) is 11.0 Å². The van der Waals surface area contributed by atoms with E-state index < -0.39 is 10.0 Å². The summed E-state index contributed by atoms with van der Waals surface area (Å²) in [6.07, 6.45) is 1.77. The molecule has 0 spiro atoms. The first kappa shape index (κ1) is 14.1. The molecule has 0 atom stereocenters. The van der Waals surface area contributed by atoms with Gasteiger partial charge in [0, 0.05) is 6.04 Å². The van der Waals surface area contributed by atoms with Crippen molar-refractivity contribution in [3.63, 3.8) is 0 Å². The maximum absolute atomic E-state index is 12.2. The fourth-order valence-electron chi connectivity index (χ4n) is 2.13. The highest BCUT2D eigenvalue weighted by molar-refractivity contribution is 7.94. The maximum Gasteiger partial charge on any atom is 0.271 e. The van der Waals surface area contributed by atoms with Crippen molar-refractivity contribution in [2.75, 3.05) is 4.72 Å². The zero-order valence-corrected chi connectivity index (χ0v) is 13.3. The van der Waals surface area contributed by atoms with Crippen LogP contribution in [0.2, 0.25) is 0 Å². The Morgan fingerprint density at radius 3 is 2.76 bits per heavy atom. The van der Waals surface area contributed by atoms with E-state index in [1.54, 1.807) is 36.0 Å². The summed E-state index contributed by atoms with van der Waals surface area (Å²) < 4.78 is 29.3. The lowest BCUT2D eigenvalue weighted by atomic mass is 10.2. The second-order valence-corrected chi connectivity index (χ2v) is 7.84. The summed E-state index contributed by atoms with van der Waals surface area (Å²) in [6, 6.07) is 9.00. The molecule has 0 fully saturated rings. The standard InChI is InChI=1S/C14H15N3O2S2/c1-10(2)17-9-15-12-8-11(5-6-13(12)17)16-21(18,19)14-4-3-7-20-14/h3-10,16H,1-2H3.